The Morgan fingerprint density at radius 2 is 2.33 bits per heavy atom. The Labute approximate surface area is 68.9 Å². The second-order valence-corrected chi connectivity index (χ2v) is 2.39. The fourth-order valence-electron chi connectivity index (χ4n) is 0.936. The van der Waals surface area contributed by atoms with Gasteiger partial charge in [-0.15, -0.1) is 10.2 Å². The highest BCUT2D eigenvalue weighted by Gasteiger charge is 2.00. The van der Waals surface area contributed by atoms with E-state index in [1.54, 1.807) is 18.5 Å². The van der Waals surface area contributed by atoms with Crippen molar-refractivity contribution in [1.29, 1.82) is 0 Å². The number of aromatic amines is 1. The number of H-pyrrole nitrogens is 1. The van der Waals surface area contributed by atoms with Gasteiger partial charge in [-0.3, -0.25) is 0 Å². The Bertz CT molecular complexity index is 366. The Balaban J connectivity index is 2.45. The molecule has 5 heteroatoms. The summed E-state index contributed by atoms with van der Waals surface area (Å²) in [5.41, 5.74) is 1.62. The molecule has 60 valence electrons. The van der Waals surface area contributed by atoms with Gasteiger partial charge in [0.15, 0.2) is 0 Å². The van der Waals surface area contributed by atoms with Crippen LogP contribution in [0.25, 0.3) is 11.4 Å². The molecule has 2 aromatic rings. The number of aromatic nitrogens is 5. The second kappa shape index (κ2) is 2.69. The highest BCUT2D eigenvalue weighted by molar-refractivity contribution is 5.51. The molecule has 1 N–H and O–H groups in total. The normalized spacial score (nSPS) is 10.1. The summed E-state index contributed by atoms with van der Waals surface area (Å²) >= 11 is 0. The van der Waals surface area contributed by atoms with Crippen molar-refractivity contribution >= 4 is 0 Å². The van der Waals surface area contributed by atoms with Crippen LogP contribution in [-0.2, 0) is 0 Å². The van der Waals surface area contributed by atoms with E-state index in [2.05, 4.69) is 25.4 Å². The number of rotatable bonds is 1. The molecule has 0 spiro atoms. The molecular weight excluding hydrogens is 154 g/mol. The van der Waals surface area contributed by atoms with E-state index >= 15 is 0 Å². The summed E-state index contributed by atoms with van der Waals surface area (Å²) in [6.45, 7) is 1.89. The molecule has 2 heterocycles. The van der Waals surface area contributed by atoms with Crippen LogP contribution in [0.1, 0.15) is 5.82 Å². The zero-order valence-corrected chi connectivity index (χ0v) is 6.52. The van der Waals surface area contributed by atoms with Gasteiger partial charge in [0.25, 0.3) is 0 Å². The first-order valence-electron chi connectivity index (χ1n) is 3.52. The predicted octanol–water partition coefficient (Wildman–Crippen LogP) is 0.570. The third-order valence-electron chi connectivity index (χ3n) is 1.48. The maximum absolute atomic E-state index is 4.05. The van der Waals surface area contributed by atoms with Gasteiger partial charge >= 0.3 is 0 Å². The third-order valence-corrected chi connectivity index (χ3v) is 1.48. The topological polar surface area (TPSA) is 67.3 Å². The van der Waals surface area contributed by atoms with Crippen LogP contribution in [0, 0.1) is 6.92 Å². The molecule has 0 unspecified atom stereocenters. The van der Waals surface area contributed by atoms with Gasteiger partial charge in [0.2, 0.25) is 0 Å². The highest BCUT2D eigenvalue weighted by atomic mass is 15.3. The van der Waals surface area contributed by atoms with Gasteiger partial charge in [-0.1, -0.05) is 0 Å². The van der Waals surface area contributed by atoms with Crippen LogP contribution in [0.4, 0.5) is 0 Å². The molecule has 2 rings (SSSR count). The van der Waals surface area contributed by atoms with Crippen molar-refractivity contribution in [3.8, 4) is 11.4 Å². The summed E-state index contributed by atoms with van der Waals surface area (Å²) in [5, 5.41) is 10.9. The Morgan fingerprint density at radius 3 is 2.92 bits per heavy atom. The largest absolute Gasteiger partial charge is 0.341 e. The molecular formula is C7H7N5. The van der Waals surface area contributed by atoms with E-state index in [4.69, 9.17) is 0 Å². The van der Waals surface area contributed by atoms with Crippen molar-refractivity contribution in [2.24, 2.45) is 0 Å². The van der Waals surface area contributed by atoms with Crippen molar-refractivity contribution in [2.75, 3.05) is 0 Å². The summed E-state index contributed by atoms with van der Waals surface area (Å²) in [4.78, 5) is 7.10. The van der Waals surface area contributed by atoms with Crippen molar-refractivity contribution in [3.63, 3.8) is 0 Å². The van der Waals surface area contributed by atoms with Crippen molar-refractivity contribution < 1.29 is 0 Å². The quantitative estimate of drug-likeness (QED) is 0.663. The van der Waals surface area contributed by atoms with Crippen molar-refractivity contribution in [3.05, 3.63) is 24.3 Å². The van der Waals surface area contributed by atoms with Gasteiger partial charge in [0.05, 0.1) is 18.1 Å². The van der Waals surface area contributed by atoms with Gasteiger partial charge in [-0.2, -0.15) is 0 Å². The van der Waals surface area contributed by atoms with Crippen LogP contribution < -0.4 is 0 Å². The third kappa shape index (κ3) is 1.16. The number of nitrogens with zero attached hydrogens (tertiary/aromatic N) is 4. The van der Waals surface area contributed by atoms with E-state index in [1.165, 1.54) is 0 Å². The van der Waals surface area contributed by atoms with Gasteiger partial charge in [-0.05, 0) is 18.2 Å². The summed E-state index contributed by atoms with van der Waals surface area (Å²) in [7, 11) is 0. The molecule has 0 aliphatic rings. The fraction of sp³-hybridized carbons (Fsp3) is 0.143. The Hall–Kier alpha value is -1.78. The van der Waals surface area contributed by atoms with E-state index in [9.17, 15) is 0 Å². The molecule has 0 saturated carbocycles. The minimum absolute atomic E-state index is 0.755. The summed E-state index contributed by atoms with van der Waals surface area (Å²) < 4.78 is 0. The van der Waals surface area contributed by atoms with E-state index in [0.29, 0.717) is 0 Å². The lowest BCUT2D eigenvalue weighted by atomic mass is 10.3. The minimum atomic E-state index is 0.755. The van der Waals surface area contributed by atoms with Crippen LogP contribution in [0.3, 0.4) is 0 Å². The molecule has 0 aromatic carbocycles. The van der Waals surface area contributed by atoms with Gasteiger partial charge < -0.3 is 4.98 Å². The SMILES string of the molecule is Cc1ncc(-c2ccnnn2)[nH]1. The molecule has 2 aromatic heterocycles. The number of hydrogen-bond donors (Lipinski definition) is 1. The molecule has 0 atom stereocenters. The Kier molecular flexibility index (Phi) is 1.55. The first-order chi connectivity index (χ1) is 5.86. The lowest BCUT2D eigenvalue weighted by molar-refractivity contribution is 0.868. The lowest BCUT2D eigenvalue weighted by Gasteiger charge is -1.90. The number of aryl methyl sites for hydroxylation is 1. The first kappa shape index (κ1) is 6.90. The fourth-order valence-corrected chi connectivity index (χ4v) is 0.936. The van der Waals surface area contributed by atoms with E-state index in [0.717, 1.165) is 17.2 Å². The molecule has 0 saturated heterocycles. The van der Waals surface area contributed by atoms with Crippen molar-refractivity contribution in [2.45, 2.75) is 6.92 Å². The van der Waals surface area contributed by atoms with Crippen LogP contribution in [0.15, 0.2) is 18.5 Å². The summed E-state index contributed by atoms with van der Waals surface area (Å²) in [5.74, 6) is 0.864. The highest BCUT2D eigenvalue weighted by Crippen LogP contribution is 2.10. The minimum Gasteiger partial charge on any atom is -0.341 e. The van der Waals surface area contributed by atoms with Crippen LogP contribution >= 0.6 is 0 Å². The van der Waals surface area contributed by atoms with Gasteiger partial charge in [0.1, 0.15) is 11.5 Å². The maximum Gasteiger partial charge on any atom is 0.114 e. The molecule has 0 fully saturated rings. The van der Waals surface area contributed by atoms with E-state index in [1.807, 2.05) is 6.92 Å². The Morgan fingerprint density at radius 1 is 1.42 bits per heavy atom. The smallest absolute Gasteiger partial charge is 0.114 e. The van der Waals surface area contributed by atoms with Gasteiger partial charge in [0, 0.05) is 0 Å². The zero-order chi connectivity index (χ0) is 8.39. The molecule has 0 aliphatic heterocycles. The summed E-state index contributed by atoms with van der Waals surface area (Å²) in [6, 6.07) is 1.78. The van der Waals surface area contributed by atoms with Crippen LogP contribution in [-0.4, -0.2) is 25.4 Å². The standard InChI is InChI=1S/C7H7N5/c1-5-8-4-7(10-5)6-2-3-9-12-11-6/h2-4H,1H3,(H,8,10). The number of hydrogen-bond acceptors (Lipinski definition) is 4. The van der Waals surface area contributed by atoms with Crippen molar-refractivity contribution in [1.82, 2.24) is 25.4 Å². The van der Waals surface area contributed by atoms with Gasteiger partial charge in [-0.25, -0.2) is 4.98 Å². The molecule has 0 bridgehead atoms. The number of imidazole rings is 1. The molecule has 5 nitrogen and oxygen atoms in total. The first-order valence-corrected chi connectivity index (χ1v) is 3.52. The van der Waals surface area contributed by atoms with Crippen LogP contribution in [0.5, 0.6) is 0 Å². The average Bonchev–Trinajstić information content (AvgIpc) is 2.54. The summed E-state index contributed by atoms with van der Waals surface area (Å²) in [6.07, 6.45) is 3.32. The van der Waals surface area contributed by atoms with Crippen LogP contribution in [0.2, 0.25) is 0 Å². The zero-order valence-electron chi connectivity index (χ0n) is 6.52. The van der Waals surface area contributed by atoms with E-state index < -0.39 is 0 Å². The molecule has 12 heavy (non-hydrogen) atoms. The lowest BCUT2D eigenvalue weighted by Crippen LogP contribution is -1.88. The number of nitrogens with one attached hydrogen (secondary N) is 1. The molecule has 0 radical (unpaired) electrons. The average molecular weight is 161 g/mol. The second-order valence-electron chi connectivity index (χ2n) is 2.39. The van der Waals surface area contributed by atoms with E-state index in [-0.39, 0.29) is 0 Å². The maximum atomic E-state index is 4.05. The predicted molar refractivity (Wildman–Crippen MR) is 42.1 cm³/mol. The monoisotopic (exact) mass is 161 g/mol. The molecule has 0 aliphatic carbocycles. The molecule has 0 amide bonds.